The Morgan fingerprint density at radius 2 is 1.40 bits per heavy atom. The van der Waals surface area contributed by atoms with Gasteiger partial charge in [0.2, 0.25) is 0 Å². The molecule has 0 aromatic rings. The first-order valence-electron chi connectivity index (χ1n) is 11.6. The quantitative estimate of drug-likeness (QED) is 0.579. The van der Waals surface area contributed by atoms with Gasteiger partial charge in [0.1, 0.15) is 0 Å². The number of hydrogen-bond donors (Lipinski definition) is 1. The van der Waals surface area contributed by atoms with E-state index in [0.717, 1.165) is 36.0 Å². The minimum Gasteiger partial charge on any atom is -0.392 e. The zero-order chi connectivity index (χ0) is 17.2. The summed E-state index contributed by atoms with van der Waals surface area (Å²) < 4.78 is 0. The van der Waals surface area contributed by atoms with Gasteiger partial charge >= 0.3 is 0 Å². The lowest BCUT2D eigenvalue weighted by Gasteiger charge is -2.39. The van der Waals surface area contributed by atoms with E-state index in [1.54, 1.807) is 5.57 Å². The van der Waals surface area contributed by atoms with Crippen LogP contribution in [-0.4, -0.2) is 11.2 Å². The Balaban J connectivity index is 1.26. The summed E-state index contributed by atoms with van der Waals surface area (Å²) in [7, 11) is 0. The lowest BCUT2D eigenvalue weighted by Crippen LogP contribution is -2.31. The highest BCUT2D eigenvalue weighted by Gasteiger charge is 2.35. The van der Waals surface area contributed by atoms with Crippen molar-refractivity contribution in [3.05, 3.63) is 11.6 Å². The van der Waals surface area contributed by atoms with Crippen LogP contribution in [0.5, 0.6) is 0 Å². The SMILES string of the molecule is CC1CCC(C2=CCC(C3CCC(C4CCCC4)CC3)CC2)C(O)C1. The van der Waals surface area contributed by atoms with Crippen molar-refractivity contribution >= 4 is 0 Å². The molecule has 142 valence electrons. The Labute approximate surface area is 155 Å². The highest BCUT2D eigenvalue weighted by molar-refractivity contribution is 5.14. The second kappa shape index (κ2) is 8.15. The van der Waals surface area contributed by atoms with E-state index in [4.69, 9.17) is 0 Å². The van der Waals surface area contributed by atoms with Gasteiger partial charge in [-0.3, -0.25) is 0 Å². The van der Waals surface area contributed by atoms with Crippen LogP contribution in [0.3, 0.4) is 0 Å². The first-order valence-corrected chi connectivity index (χ1v) is 11.6. The summed E-state index contributed by atoms with van der Waals surface area (Å²) in [5.74, 6) is 5.34. The molecule has 4 aliphatic rings. The fourth-order valence-corrected chi connectivity index (χ4v) is 6.94. The van der Waals surface area contributed by atoms with Crippen molar-refractivity contribution in [1.29, 1.82) is 0 Å². The highest BCUT2D eigenvalue weighted by atomic mass is 16.3. The Morgan fingerprint density at radius 1 is 0.760 bits per heavy atom. The molecule has 4 rings (SSSR count). The van der Waals surface area contributed by atoms with Crippen molar-refractivity contribution in [3.63, 3.8) is 0 Å². The highest BCUT2D eigenvalue weighted by Crippen LogP contribution is 2.46. The monoisotopic (exact) mass is 344 g/mol. The number of allylic oxidation sites excluding steroid dienone is 1. The maximum Gasteiger partial charge on any atom is 0.0608 e. The van der Waals surface area contributed by atoms with Gasteiger partial charge in [0.05, 0.1) is 6.10 Å². The summed E-state index contributed by atoms with van der Waals surface area (Å²) in [4.78, 5) is 0. The standard InChI is InChI=1S/C24H40O/c1-17-6-15-23(24(25)16-17)22-13-11-21(12-14-22)20-9-7-19(8-10-20)18-4-2-3-5-18/h13,17-21,23-25H,2-12,14-16H2,1H3. The Hall–Kier alpha value is -0.300. The Bertz CT molecular complexity index is 453. The van der Waals surface area contributed by atoms with E-state index in [2.05, 4.69) is 13.0 Å². The molecule has 3 fully saturated rings. The zero-order valence-electron chi connectivity index (χ0n) is 16.5. The lowest BCUT2D eigenvalue weighted by molar-refractivity contribution is 0.0615. The second-order valence-corrected chi connectivity index (χ2v) is 10.1. The molecule has 4 atom stereocenters. The molecule has 1 N–H and O–H groups in total. The van der Waals surface area contributed by atoms with Gasteiger partial charge in [-0.05, 0) is 93.8 Å². The van der Waals surface area contributed by atoms with E-state index in [1.807, 2.05) is 0 Å². The molecule has 4 aliphatic carbocycles. The molecule has 0 aliphatic heterocycles. The summed E-state index contributed by atoms with van der Waals surface area (Å²) in [6.07, 6.45) is 22.2. The van der Waals surface area contributed by atoms with Gasteiger partial charge < -0.3 is 5.11 Å². The van der Waals surface area contributed by atoms with E-state index < -0.39 is 0 Å². The molecule has 25 heavy (non-hydrogen) atoms. The van der Waals surface area contributed by atoms with Crippen molar-refractivity contribution < 1.29 is 5.11 Å². The minimum absolute atomic E-state index is 0.0617. The van der Waals surface area contributed by atoms with Crippen LogP contribution in [0.25, 0.3) is 0 Å². The average molecular weight is 345 g/mol. The molecule has 0 aromatic carbocycles. The number of aliphatic hydroxyl groups excluding tert-OH is 1. The summed E-state index contributed by atoms with van der Waals surface area (Å²) >= 11 is 0. The summed E-state index contributed by atoms with van der Waals surface area (Å²) in [6.45, 7) is 2.30. The van der Waals surface area contributed by atoms with Crippen LogP contribution < -0.4 is 0 Å². The number of rotatable bonds is 3. The fourth-order valence-electron chi connectivity index (χ4n) is 6.94. The molecule has 0 heterocycles. The topological polar surface area (TPSA) is 20.2 Å². The van der Waals surface area contributed by atoms with Gasteiger partial charge in [-0.2, -0.15) is 0 Å². The van der Waals surface area contributed by atoms with Gasteiger partial charge in [-0.25, -0.2) is 0 Å². The number of hydrogen-bond acceptors (Lipinski definition) is 1. The predicted octanol–water partition coefficient (Wildman–Crippen LogP) is 6.51. The third-order valence-corrected chi connectivity index (χ3v) is 8.59. The van der Waals surface area contributed by atoms with Crippen LogP contribution in [0.2, 0.25) is 0 Å². The van der Waals surface area contributed by atoms with Crippen LogP contribution in [0.15, 0.2) is 11.6 Å². The second-order valence-electron chi connectivity index (χ2n) is 10.1. The van der Waals surface area contributed by atoms with Gasteiger partial charge in [0.25, 0.3) is 0 Å². The van der Waals surface area contributed by atoms with Crippen LogP contribution in [0.1, 0.15) is 96.8 Å². The van der Waals surface area contributed by atoms with E-state index >= 15 is 0 Å². The van der Waals surface area contributed by atoms with Gasteiger partial charge in [-0.1, -0.05) is 44.3 Å². The van der Waals surface area contributed by atoms with Gasteiger partial charge in [-0.15, -0.1) is 0 Å². The van der Waals surface area contributed by atoms with Gasteiger partial charge in [0.15, 0.2) is 0 Å². The summed E-state index contributed by atoms with van der Waals surface area (Å²) in [5.41, 5.74) is 1.62. The normalized spacial score (nSPS) is 43.8. The van der Waals surface area contributed by atoms with Crippen LogP contribution in [0, 0.1) is 35.5 Å². The van der Waals surface area contributed by atoms with Crippen molar-refractivity contribution in [2.75, 3.05) is 0 Å². The largest absolute Gasteiger partial charge is 0.392 e. The molecule has 0 spiro atoms. The third kappa shape index (κ3) is 4.18. The lowest BCUT2D eigenvalue weighted by atomic mass is 9.67. The van der Waals surface area contributed by atoms with E-state index in [1.165, 1.54) is 83.5 Å². The first kappa shape index (κ1) is 18.1. The molecule has 0 radical (unpaired) electrons. The molecular formula is C24H40O. The number of aliphatic hydroxyl groups is 1. The van der Waals surface area contributed by atoms with E-state index in [9.17, 15) is 5.11 Å². The minimum atomic E-state index is -0.0617. The van der Waals surface area contributed by atoms with Crippen molar-refractivity contribution in [2.24, 2.45) is 35.5 Å². The molecule has 0 saturated heterocycles. The summed E-state index contributed by atoms with van der Waals surface area (Å²) in [6, 6.07) is 0. The maximum atomic E-state index is 10.5. The van der Waals surface area contributed by atoms with Crippen LogP contribution in [0.4, 0.5) is 0 Å². The van der Waals surface area contributed by atoms with E-state index in [-0.39, 0.29) is 6.10 Å². The Morgan fingerprint density at radius 3 is 2.00 bits per heavy atom. The molecule has 0 bridgehead atoms. The Kier molecular flexibility index (Phi) is 5.90. The van der Waals surface area contributed by atoms with Crippen molar-refractivity contribution in [2.45, 2.75) is 103 Å². The predicted molar refractivity (Wildman–Crippen MR) is 105 cm³/mol. The van der Waals surface area contributed by atoms with Crippen molar-refractivity contribution in [3.8, 4) is 0 Å². The van der Waals surface area contributed by atoms with Gasteiger partial charge in [0, 0.05) is 5.92 Å². The molecule has 0 amide bonds. The average Bonchev–Trinajstić information content (AvgIpc) is 3.17. The molecule has 3 saturated carbocycles. The van der Waals surface area contributed by atoms with Crippen LogP contribution in [-0.2, 0) is 0 Å². The third-order valence-electron chi connectivity index (χ3n) is 8.59. The fraction of sp³-hybridized carbons (Fsp3) is 0.917. The zero-order valence-corrected chi connectivity index (χ0v) is 16.5. The van der Waals surface area contributed by atoms with E-state index in [0.29, 0.717) is 5.92 Å². The van der Waals surface area contributed by atoms with Crippen LogP contribution >= 0.6 is 0 Å². The van der Waals surface area contributed by atoms with Crippen molar-refractivity contribution in [1.82, 2.24) is 0 Å². The molecule has 1 heteroatoms. The molecular weight excluding hydrogens is 304 g/mol. The molecule has 1 nitrogen and oxygen atoms in total. The molecule has 4 unspecified atom stereocenters. The first-order chi connectivity index (χ1) is 12.2. The molecule has 0 aromatic heterocycles. The maximum absolute atomic E-state index is 10.5. The summed E-state index contributed by atoms with van der Waals surface area (Å²) in [5, 5.41) is 10.5. The smallest absolute Gasteiger partial charge is 0.0608 e.